The number of benzene rings is 2. The van der Waals surface area contributed by atoms with E-state index in [1.54, 1.807) is 49.4 Å². The molecule has 150 valence electrons. The molecule has 2 rings (SSSR count). The number of sulfone groups is 1. The first kappa shape index (κ1) is 21.4. The van der Waals surface area contributed by atoms with E-state index in [4.69, 9.17) is 4.74 Å². The molecule has 0 aromatic heterocycles. The molecule has 0 aliphatic rings. The van der Waals surface area contributed by atoms with E-state index in [1.165, 1.54) is 7.11 Å². The number of hydrogen-bond donors (Lipinski definition) is 2. The van der Waals surface area contributed by atoms with E-state index < -0.39 is 32.7 Å². The van der Waals surface area contributed by atoms with E-state index in [0.29, 0.717) is 17.1 Å². The van der Waals surface area contributed by atoms with Crippen LogP contribution in [0.2, 0.25) is 0 Å². The van der Waals surface area contributed by atoms with Crippen LogP contribution in [0.15, 0.2) is 48.5 Å². The highest BCUT2D eigenvalue weighted by Gasteiger charge is 2.33. The van der Waals surface area contributed by atoms with Gasteiger partial charge in [-0.15, -0.1) is 0 Å². The number of carbonyl (C=O) groups excluding carboxylic acids is 2. The third-order valence-electron chi connectivity index (χ3n) is 4.10. The van der Waals surface area contributed by atoms with Gasteiger partial charge in [0, 0.05) is 5.69 Å². The quantitative estimate of drug-likeness (QED) is 0.704. The molecule has 2 amide bonds. The molecule has 1 atom stereocenters. The van der Waals surface area contributed by atoms with Crippen LogP contribution in [0.25, 0.3) is 0 Å². The zero-order valence-electron chi connectivity index (χ0n) is 16.1. The third kappa shape index (κ3) is 5.56. The summed E-state index contributed by atoms with van der Waals surface area (Å²) in [5.74, 6) is -1.75. The largest absolute Gasteiger partial charge is 0.495 e. The lowest BCUT2D eigenvalue weighted by Gasteiger charge is -2.17. The van der Waals surface area contributed by atoms with Crippen LogP contribution in [0.1, 0.15) is 18.9 Å². The van der Waals surface area contributed by atoms with Gasteiger partial charge >= 0.3 is 0 Å². The van der Waals surface area contributed by atoms with E-state index in [9.17, 15) is 18.0 Å². The van der Waals surface area contributed by atoms with Crippen molar-refractivity contribution in [2.75, 3.05) is 23.5 Å². The number of amides is 2. The van der Waals surface area contributed by atoms with Gasteiger partial charge in [0.05, 0.1) is 12.8 Å². The predicted octanol–water partition coefficient (Wildman–Crippen LogP) is 2.77. The fourth-order valence-corrected chi connectivity index (χ4v) is 4.30. The number of methoxy groups -OCH3 is 1. The highest BCUT2D eigenvalue weighted by Crippen LogP contribution is 2.24. The number of para-hydroxylation sites is 2. The summed E-state index contributed by atoms with van der Waals surface area (Å²) in [6.45, 7) is 3.45. The molecule has 0 radical (unpaired) electrons. The minimum absolute atomic E-state index is 0.0427. The summed E-state index contributed by atoms with van der Waals surface area (Å²) in [5.41, 5.74) is 1.81. The van der Waals surface area contributed by atoms with Crippen molar-refractivity contribution in [2.24, 2.45) is 0 Å². The maximum atomic E-state index is 12.7. The summed E-state index contributed by atoms with van der Waals surface area (Å²) in [6.07, 6.45) is 0.0427. The summed E-state index contributed by atoms with van der Waals surface area (Å²) >= 11 is 0. The van der Waals surface area contributed by atoms with Gasteiger partial charge in [0.25, 0.3) is 0 Å². The molecule has 0 saturated carbocycles. The molecule has 0 fully saturated rings. The number of rotatable bonds is 8. The topological polar surface area (TPSA) is 102 Å². The highest BCUT2D eigenvalue weighted by atomic mass is 32.2. The van der Waals surface area contributed by atoms with Crippen molar-refractivity contribution < 1.29 is 22.7 Å². The molecule has 0 aliphatic carbocycles. The molecule has 0 saturated heterocycles. The predicted molar refractivity (Wildman–Crippen MR) is 109 cm³/mol. The van der Waals surface area contributed by atoms with E-state index in [1.807, 2.05) is 13.0 Å². The lowest BCUT2D eigenvalue weighted by molar-refractivity contribution is -0.115. The SMILES string of the molecule is CCC(C(=O)Nc1ccccc1OC)S(=O)(=O)CC(=O)Nc1cccc(C)c1. The maximum absolute atomic E-state index is 12.7. The smallest absolute Gasteiger partial charge is 0.242 e. The molecule has 0 spiro atoms. The number of carbonyl (C=O) groups is 2. The molecule has 2 aromatic carbocycles. The summed E-state index contributed by atoms with van der Waals surface area (Å²) in [5, 5.41) is 3.78. The molecule has 2 aromatic rings. The molecular formula is C20H24N2O5S. The third-order valence-corrected chi connectivity index (χ3v) is 6.17. The standard InChI is InChI=1S/C20H24N2O5S/c1-4-18(20(24)22-16-10-5-6-11-17(16)27-3)28(25,26)13-19(23)21-15-9-7-8-14(2)12-15/h5-12,18H,4,13H2,1-3H3,(H,21,23)(H,22,24). The molecule has 8 heteroatoms. The minimum Gasteiger partial charge on any atom is -0.495 e. The Morgan fingerprint density at radius 2 is 1.79 bits per heavy atom. The van der Waals surface area contributed by atoms with Gasteiger partial charge in [0.1, 0.15) is 16.8 Å². The van der Waals surface area contributed by atoms with Gasteiger partial charge < -0.3 is 15.4 Å². The van der Waals surface area contributed by atoms with Crippen molar-refractivity contribution in [1.29, 1.82) is 0 Å². The second kappa shape index (κ2) is 9.36. The van der Waals surface area contributed by atoms with Gasteiger partial charge in [-0.2, -0.15) is 0 Å². The van der Waals surface area contributed by atoms with Gasteiger partial charge in [-0.1, -0.05) is 31.2 Å². The molecule has 0 heterocycles. The van der Waals surface area contributed by atoms with E-state index in [-0.39, 0.29) is 6.42 Å². The van der Waals surface area contributed by atoms with Crippen LogP contribution in [0.3, 0.4) is 0 Å². The van der Waals surface area contributed by atoms with Crippen LogP contribution in [-0.4, -0.2) is 38.3 Å². The Balaban J connectivity index is 2.10. The Kier molecular flexibility index (Phi) is 7.17. The highest BCUT2D eigenvalue weighted by molar-refractivity contribution is 7.93. The van der Waals surface area contributed by atoms with Gasteiger partial charge in [-0.25, -0.2) is 8.42 Å². The van der Waals surface area contributed by atoms with E-state index in [0.717, 1.165) is 5.56 Å². The van der Waals surface area contributed by atoms with Gasteiger partial charge in [0.2, 0.25) is 11.8 Å². The van der Waals surface area contributed by atoms with Crippen molar-refractivity contribution in [1.82, 2.24) is 0 Å². The van der Waals surface area contributed by atoms with Crippen molar-refractivity contribution in [3.63, 3.8) is 0 Å². The maximum Gasteiger partial charge on any atom is 0.242 e. The van der Waals surface area contributed by atoms with Crippen LogP contribution in [0.5, 0.6) is 5.75 Å². The Morgan fingerprint density at radius 1 is 1.07 bits per heavy atom. The number of nitrogens with one attached hydrogen (secondary N) is 2. The number of anilines is 2. The van der Waals surface area contributed by atoms with Crippen LogP contribution >= 0.6 is 0 Å². The Morgan fingerprint density at radius 3 is 2.43 bits per heavy atom. The zero-order chi connectivity index (χ0) is 20.7. The second-order valence-corrected chi connectivity index (χ2v) is 8.49. The lowest BCUT2D eigenvalue weighted by atomic mass is 10.2. The van der Waals surface area contributed by atoms with Crippen molar-refractivity contribution in [3.8, 4) is 5.75 Å². The van der Waals surface area contributed by atoms with E-state index >= 15 is 0 Å². The monoisotopic (exact) mass is 404 g/mol. The lowest BCUT2D eigenvalue weighted by Crippen LogP contribution is -2.39. The molecule has 7 nitrogen and oxygen atoms in total. The molecular weight excluding hydrogens is 380 g/mol. The Labute approximate surface area is 165 Å². The van der Waals surface area contributed by atoms with Crippen LogP contribution in [0.4, 0.5) is 11.4 Å². The Bertz CT molecular complexity index is 957. The number of aryl methyl sites for hydroxylation is 1. The number of ether oxygens (including phenoxy) is 1. The molecule has 1 unspecified atom stereocenters. The van der Waals surface area contributed by atoms with Gasteiger partial charge in [0.15, 0.2) is 9.84 Å². The average molecular weight is 404 g/mol. The summed E-state index contributed by atoms with van der Waals surface area (Å²) in [6, 6.07) is 13.7. The van der Waals surface area contributed by atoms with Crippen LogP contribution in [0, 0.1) is 6.92 Å². The molecule has 0 bridgehead atoms. The summed E-state index contributed by atoms with van der Waals surface area (Å²) in [4.78, 5) is 24.8. The van der Waals surface area contributed by atoms with Crippen molar-refractivity contribution >= 4 is 33.0 Å². The normalized spacial score (nSPS) is 12.1. The van der Waals surface area contributed by atoms with Crippen LogP contribution < -0.4 is 15.4 Å². The van der Waals surface area contributed by atoms with Crippen molar-refractivity contribution in [2.45, 2.75) is 25.5 Å². The fraction of sp³-hybridized carbons (Fsp3) is 0.300. The first-order valence-corrected chi connectivity index (χ1v) is 10.5. The second-order valence-electron chi connectivity index (χ2n) is 6.31. The van der Waals surface area contributed by atoms with Crippen molar-refractivity contribution in [3.05, 3.63) is 54.1 Å². The molecule has 0 aliphatic heterocycles. The first-order valence-electron chi connectivity index (χ1n) is 8.78. The molecule has 28 heavy (non-hydrogen) atoms. The van der Waals surface area contributed by atoms with Crippen LogP contribution in [-0.2, 0) is 19.4 Å². The average Bonchev–Trinajstić information content (AvgIpc) is 2.61. The minimum atomic E-state index is -4.01. The first-order chi connectivity index (χ1) is 13.3. The Hall–Kier alpha value is -2.87. The zero-order valence-corrected chi connectivity index (χ0v) is 16.9. The van der Waals surface area contributed by atoms with Gasteiger partial charge in [-0.05, 0) is 43.2 Å². The molecule has 2 N–H and O–H groups in total. The fourth-order valence-electron chi connectivity index (χ4n) is 2.77. The van der Waals surface area contributed by atoms with E-state index in [2.05, 4.69) is 10.6 Å². The number of hydrogen-bond acceptors (Lipinski definition) is 5. The van der Waals surface area contributed by atoms with Gasteiger partial charge in [-0.3, -0.25) is 9.59 Å². The summed E-state index contributed by atoms with van der Waals surface area (Å²) in [7, 11) is -2.55. The summed E-state index contributed by atoms with van der Waals surface area (Å²) < 4.78 is 30.5.